The molecule has 0 amide bonds. The maximum absolute atomic E-state index is 11.7. The monoisotopic (exact) mass is 698 g/mol. The second-order valence-electron chi connectivity index (χ2n) is 13.3. The third kappa shape index (κ3) is 4.01. The third-order valence-electron chi connectivity index (χ3n) is 10.5. The molecule has 9 nitrogen and oxygen atoms in total. The summed E-state index contributed by atoms with van der Waals surface area (Å²) >= 11 is 0. The summed E-state index contributed by atoms with van der Waals surface area (Å²) < 4.78 is 6.20. The van der Waals surface area contributed by atoms with E-state index < -0.39 is 46.0 Å². The molecule has 0 aliphatic rings. The molecule has 0 unspecified atom stereocenters. The number of rotatable bonds is 2. The number of phenolic OH excluding ortho intramolecular Hbond substituents is 8. The van der Waals surface area contributed by atoms with E-state index in [2.05, 4.69) is 0 Å². The molecule has 1 aromatic heterocycles. The van der Waals surface area contributed by atoms with Gasteiger partial charge < -0.3 is 45.3 Å². The molecule has 0 aliphatic carbocycles. The Morgan fingerprint density at radius 3 is 1.28 bits per heavy atom. The maximum atomic E-state index is 11.7. The molecule has 0 spiro atoms. The molecule has 9 heteroatoms. The number of hydrogen-bond acceptors (Lipinski definition) is 9. The van der Waals surface area contributed by atoms with Crippen LogP contribution in [0.2, 0.25) is 0 Å². The molecule has 0 radical (unpaired) electrons. The van der Waals surface area contributed by atoms with Gasteiger partial charge in [-0.15, -0.1) is 0 Å². The van der Waals surface area contributed by atoms with Crippen LogP contribution < -0.4 is 0 Å². The van der Waals surface area contributed by atoms with Gasteiger partial charge in [-0.25, -0.2) is 0 Å². The Balaban J connectivity index is 1.41. The Labute approximate surface area is 297 Å². The van der Waals surface area contributed by atoms with Gasteiger partial charge in [0.2, 0.25) is 23.0 Å². The molecule has 9 aromatic carbocycles. The molecule has 10 aromatic rings. The summed E-state index contributed by atoms with van der Waals surface area (Å²) in [5.41, 5.74) is 1.73. The molecule has 8 N–H and O–H groups in total. The molecule has 0 bridgehead atoms. The van der Waals surface area contributed by atoms with E-state index in [1.54, 1.807) is 30.3 Å². The predicted octanol–water partition coefficient (Wildman–Crippen LogP) is 10.3. The van der Waals surface area contributed by atoms with Crippen molar-refractivity contribution in [2.75, 3.05) is 0 Å². The topological polar surface area (TPSA) is 175 Å². The zero-order chi connectivity index (χ0) is 36.4. The van der Waals surface area contributed by atoms with Gasteiger partial charge >= 0.3 is 0 Å². The minimum atomic E-state index is -1.03. The second kappa shape index (κ2) is 10.5. The van der Waals surface area contributed by atoms with Crippen molar-refractivity contribution in [1.29, 1.82) is 0 Å². The quantitative estimate of drug-likeness (QED) is 0.0378. The summed E-state index contributed by atoms with van der Waals surface area (Å²) in [4.78, 5) is 0. The van der Waals surface area contributed by atoms with Crippen LogP contribution in [0, 0.1) is 0 Å². The fraction of sp³-hybridized carbons (Fsp3) is 0. The zero-order valence-electron chi connectivity index (χ0n) is 27.4. The van der Waals surface area contributed by atoms with E-state index in [0.717, 1.165) is 37.7 Å². The molecule has 0 atom stereocenters. The molecule has 53 heavy (non-hydrogen) atoms. The Morgan fingerprint density at radius 1 is 0.302 bits per heavy atom. The lowest BCUT2D eigenvalue weighted by molar-refractivity contribution is 0.350. The van der Waals surface area contributed by atoms with Crippen molar-refractivity contribution in [1.82, 2.24) is 0 Å². The normalized spacial score (nSPS) is 12.0. The molecule has 256 valence electrons. The fourth-order valence-corrected chi connectivity index (χ4v) is 7.97. The van der Waals surface area contributed by atoms with Gasteiger partial charge in [-0.05, 0) is 73.8 Å². The van der Waals surface area contributed by atoms with Crippen molar-refractivity contribution in [3.8, 4) is 68.2 Å². The number of fused-ring (bicyclic) bond motifs is 9. The summed E-state index contributed by atoms with van der Waals surface area (Å²) in [6, 6.07) is 33.7. The molecule has 0 fully saturated rings. The number of benzene rings is 9. The van der Waals surface area contributed by atoms with Crippen molar-refractivity contribution >= 4 is 75.8 Å². The van der Waals surface area contributed by atoms with Crippen LogP contribution in [0.1, 0.15) is 0 Å². The highest BCUT2D eigenvalue weighted by Crippen LogP contribution is 2.62. The van der Waals surface area contributed by atoms with Gasteiger partial charge in [0.1, 0.15) is 11.2 Å². The van der Waals surface area contributed by atoms with Crippen LogP contribution >= 0.6 is 0 Å². The van der Waals surface area contributed by atoms with Gasteiger partial charge in [-0.1, -0.05) is 78.9 Å². The average Bonchev–Trinajstić information content (AvgIpc) is 3.54. The first kappa shape index (κ1) is 30.3. The largest absolute Gasteiger partial charge is 0.504 e. The number of phenols is 8. The average molecular weight is 699 g/mol. The minimum absolute atomic E-state index is 0.0129. The van der Waals surface area contributed by atoms with Gasteiger partial charge in [0.25, 0.3) is 0 Å². The third-order valence-corrected chi connectivity index (χ3v) is 10.5. The highest BCUT2D eigenvalue weighted by Gasteiger charge is 2.32. The van der Waals surface area contributed by atoms with E-state index in [0.29, 0.717) is 27.7 Å². The van der Waals surface area contributed by atoms with Gasteiger partial charge in [0, 0.05) is 43.4 Å². The Hall–Kier alpha value is -7.52. The molecular weight excluding hydrogens is 672 g/mol. The molecule has 0 aliphatic heterocycles. The highest BCUT2D eigenvalue weighted by atomic mass is 16.4. The van der Waals surface area contributed by atoms with E-state index in [9.17, 15) is 40.9 Å². The van der Waals surface area contributed by atoms with Crippen molar-refractivity contribution in [3.63, 3.8) is 0 Å². The molecule has 0 saturated heterocycles. The first-order valence-electron chi connectivity index (χ1n) is 16.6. The summed E-state index contributed by atoms with van der Waals surface area (Å²) in [5, 5.41) is 96.7. The van der Waals surface area contributed by atoms with Gasteiger partial charge in [-0.3, -0.25) is 0 Å². The first-order valence-corrected chi connectivity index (χ1v) is 16.6. The summed E-state index contributed by atoms with van der Waals surface area (Å²) in [5.74, 6) is -7.45. The Morgan fingerprint density at radius 2 is 0.717 bits per heavy atom. The molecular formula is C44H26O9. The van der Waals surface area contributed by atoms with Crippen molar-refractivity contribution in [2.45, 2.75) is 0 Å². The summed E-state index contributed by atoms with van der Waals surface area (Å²) in [7, 11) is 0. The van der Waals surface area contributed by atoms with E-state index in [-0.39, 0.29) is 32.7 Å². The van der Waals surface area contributed by atoms with E-state index in [4.69, 9.17) is 4.42 Å². The van der Waals surface area contributed by atoms with E-state index in [1.165, 1.54) is 0 Å². The summed E-state index contributed by atoms with van der Waals surface area (Å²) in [6.45, 7) is 0. The number of hydrogen-bond donors (Lipinski definition) is 8. The van der Waals surface area contributed by atoms with E-state index in [1.807, 2.05) is 78.9 Å². The highest BCUT2D eigenvalue weighted by molar-refractivity contribution is 6.29. The van der Waals surface area contributed by atoms with Gasteiger partial charge in [-0.2, -0.15) is 0 Å². The van der Waals surface area contributed by atoms with Crippen LogP contribution in [-0.4, -0.2) is 40.9 Å². The van der Waals surface area contributed by atoms with Crippen molar-refractivity contribution in [2.24, 2.45) is 0 Å². The lowest BCUT2D eigenvalue weighted by atomic mass is 9.83. The number of aromatic hydroxyl groups is 8. The molecule has 10 rings (SSSR count). The van der Waals surface area contributed by atoms with Crippen LogP contribution in [0.4, 0.5) is 0 Å². The lowest BCUT2D eigenvalue weighted by Crippen LogP contribution is -1.95. The van der Waals surface area contributed by atoms with Crippen LogP contribution in [0.3, 0.4) is 0 Å². The fourth-order valence-electron chi connectivity index (χ4n) is 7.97. The van der Waals surface area contributed by atoms with E-state index >= 15 is 0 Å². The van der Waals surface area contributed by atoms with Crippen molar-refractivity contribution in [3.05, 3.63) is 109 Å². The Kier molecular flexibility index (Phi) is 6.01. The van der Waals surface area contributed by atoms with Gasteiger partial charge in [0.05, 0.1) is 0 Å². The second-order valence-corrected chi connectivity index (χ2v) is 13.3. The van der Waals surface area contributed by atoms with Crippen LogP contribution in [-0.2, 0) is 0 Å². The van der Waals surface area contributed by atoms with Crippen molar-refractivity contribution < 1.29 is 45.3 Å². The SMILES string of the molecule is Oc1c(O)c(O)c2c(-c3ccc4oc5cc6ccccc6cc5c4c3)c3c(O)c(O)c(O)c(O)c3c(-c3ccc4ccc5ccccc5c4c3)c2c1O. The number of furan rings is 1. The van der Waals surface area contributed by atoms with Crippen LogP contribution in [0.5, 0.6) is 46.0 Å². The first-order chi connectivity index (χ1) is 25.6. The summed E-state index contributed by atoms with van der Waals surface area (Å²) in [6.07, 6.45) is 0. The smallest absolute Gasteiger partial charge is 0.204 e. The Bertz CT molecular complexity index is 3190. The van der Waals surface area contributed by atoms with Crippen LogP contribution in [0.15, 0.2) is 114 Å². The van der Waals surface area contributed by atoms with Gasteiger partial charge in [0.15, 0.2) is 23.0 Å². The van der Waals surface area contributed by atoms with Crippen LogP contribution in [0.25, 0.3) is 98.1 Å². The lowest BCUT2D eigenvalue weighted by Gasteiger charge is -2.22. The standard InChI is InChI=1S/C44H26O9/c45-37-33-31(23-12-11-20-10-9-19-5-3-4-8-25(19)26(20)16-23)34-36(40(48)44(52)42(50)38(34)46)32(35(33)39(47)43(51)41(37)49)24-13-14-29-27(17-24)28-15-21-6-1-2-7-22(21)18-30(28)53-29/h1-18,45-52H. The maximum Gasteiger partial charge on any atom is 0.204 e. The predicted molar refractivity (Wildman–Crippen MR) is 205 cm³/mol. The molecule has 1 heterocycles. The molecule has 0 saturated carbocycles. The minimum Gasteiger partial charge on any atom is -0.504 e. The zero-order valence-corrected chi connectivity index (χ0v) is 27.4.